The van der Waals surface area contributed by atoms with Crippen LogP contribution in [0.4, 0.5) is 13.2 Å². The largest absolute Gasteiger partial charge is 0.508 e. The first kappa shape index (κ1) is 25.1. The highest BCUT2D eigenvalue weighted by Crippen LogP contribution is 2.80. The van der Waals surface area contributed by atoms with Gasteiger partial charge in [-0.15, -0.1) is 0 Å². The van der Waals surface area contributed by atoms with Gasteiger partial charge in [0.2, 0.25) is 0 Å². The van der Waals surface area contributed by atoms with E-state index >= 15 is 0 Å². The first-order valence-corrected chi connectivity index (χ1v) is 10.5. The number of phenols is 9. The van der Waals surface area contributed by atoms with Crippen LogP contribution in [0.5, 0.6) is 51.7 Å². The molecule has 0 saturated heterocycles. The Balaban J connectivity index is 2.68. The van der Waals surface area contributed by atoms with E-state index < -0.39 is 88.9 Å². The highest BCUT2D eigenvalue weighted by molar-refractivity contribution is 8.30. The molecule has 0 aliphatic rings. The van der Waals surface area contributed by atoms with Gasteiger partial charge in [0, 0.05) is 46.7 Å². The molecule has 0 spiro atoms. The Morgan fingerprint density at radius 2 is 0.800 bits per heavy atom. The van der Waals surface area contributed by atoms with Crippen LogP contribution in [0, 0.1) is 0 Å². The number of hydrogen-bond donors (Lipinski definition) is 9. The van der Waals surface area contributed by atoms with Gasteiger partial charge in [0.05, 0.1) is 0 Å². The zero-order valence-electron chi connectivity index (χ0n) is 16.8. The molecule has 0 bridgehead atoms. The van der Waals surface area contributed by atoms with E-state index in [9.17, 15) is 63.9 Å². The molecular weight excluding hydrogens is 505 g/mol. The third kappa shape index (κ3) is 4.23. The van der Waals surface area contributed by atoms with Gasteiger partial charge >= 0.3 is 12.1 Å². The zero-order valence-corrected chi connectivity index (χ0v) is 17.7. The van der Waals surface area contributed by atoms with Crippen molar-refractivity contribution in [3.8, 4) is 51.7 Å². The number of benzene rings is 3. The lowest BCUT2D eigenvalue weighted by atomic mass is 10.3. The van der Waals surface area contributed by atoms with Gasteiger partial charge in [-0.2, -0.15) is 13.2 Å². The predicted molar refractivity (Wildman–Crippen MR) is 109 cm³/mol. The van der Waals surface area contributed by atoms with Crippen LogP contribution in [0.3, 0.4) is 0 Å². The van der Waals surface area contributed by atoms with Gasteiger partial charge in [0.25, 0.3) is 0 Å². The summed E-state index contributed by atoms with van der Waals surface area (Å²) >= 11 is 0. The maximum atomic E-state index is 13.4. The second-order valence-electron chi connectivity index (χ2n) is 6.86. The first-order valence-electron chi connectivity index (χ1n) is 8.98. The first-order chi connectivity index (χ1) is 16.1. The smallest absolute Gasteiger partial charge is 0.491 e. The Kier molecular flexibility index (Phi) is 5.99. The lowest BCUT2D eigenvalue weighted by Crippen LogP contribution is -2.27. The van der Waals surface area contributed by atoms with Gasteiger partial charge in [0.1, 0.15) is 66.4 Å². The van der Waals surface area contributed by atoms with Gasteiger partial charge < -0.3 is 50.1 Å². The molecule has 0 amide bonds. The minimum absolute atomic E-state index is 0.473. The molecule has 0 aromatic heterocycles. The summed E-state index contributed by atoms with van der Waals surface area (Å²) in [5, 5.41) is 92.1. The molecule has 0 atom stereocenters. The third-order valence-corrected chi connectivity index (χ3v) is 7.78. The highest BCUT2D eigenvalue weighted by atomic mass is 32.3. The molecule has 35 heavy (non-hydrogen) atoms. The molecule has 0 fully saturated rings. The Morgan fingerprint density at radius 1 is 0.571 bits per heavy atom. The van der Waals surface area contributed by atoms with Gasteiger partial charge in [-0.25, -0.2) is 4.79 Å². The normalized spacial score (nSPS) is 12.3. The van der Waals surface area contributed by atoms with Crippen molar-refractivity contribution in [1.29, 1.82) is 0 Å². The average molecular weight is 520 g/mol. The lowest BCUT2D eigenvalue weighted by molar-refractivity contribution is -0.188. The highest BCUT2D eigenvalue weighted by Gasteiger charge is 2.53. The molecule has 15 heteroatoms. The number of hydrogen-bond acceptors (Lipinski definition) is 11. The summed E-state index contributed by atoms with van der Waals surface area (Å²) in [5.41, 5.74) is 0. The number of rotatable bonds is 4. The number of carbonyl (C=O) groups excluding carboxylic acids is 1. The SMILES string of the molecule is O=C(OS(c1c(O)cc(O)cc1O)(c1c(O)cc(O)cc1O)c1c(O)cc(O)cc1O)C(F)(F)F. The number of phenolic OH excluding ortho intramolecular Hbond substituents is 9. The molecule has 0 heterocycles. The summed E-state index contributed by atoms with van der Waals surface area (Å²) in [4.78, 5) is 8.48. The van der Waals surface area contributed by atoms with Crippen molar-refractivity contribution in [2.45, 2.75) is 20.9 Å². The van der Waals surface area contributed by atoms with Crippen LogP contribution in [0.2, 0.25) is 0 Å². The van der Waals surface area contributed by atoms with E-state index in [-0.39, 0.29) is 0 Å². The standard InChI is InChI=1S/C20H15F3O11S/c21-20(22,23)19(33)34-35(16-10(27)1-7(24)2-11(16)28,17-12(29)3-8(25)4-13(17)30)18-14(31)5-9(26)6-15(18)32/h1-6,24-32H. The molecule has 188 valence electrons. The molecule has 11 nitrogen and oxygen atoms in total. The van der Waals surface area contributed by atoms with E-state index in [1.807, 2.05) is 0 Å². The third-order valence-electron chi connectivity index (χ3n) is 4.40. The van der Waals surface area contributed by atoms with Crippen LogP contribution >= 0.6 is 10.3 Å². The fourth-order valence-corrected chi connectivity index (χ4v) is 6.53. The van der Waals surface area contributed by atoms with Crippen LogP contribution in [0.25, 0.3) is 0 Å². The van der Waals surface area contributed by atoms with E-state index in [0.29, 0.717) is 36.4 Å². The Labute approximate surface area is 193 Å². The molecule has 0 aliphatic heterocycles. The van der Waals surface area contributed by atoms with E-state index in [2.05, 4.69) is 4.18 Å². The van der Waals surface area contributed by atoms with E-state index in [1.54, 1.807) is 0 Å². The van der Waals surface area contributed by atoms with Crippen LogP contribution in [0.15, 0.2) is 51.1 Å². The number of carbonyl (C=O) groups is 1. The number of halogens is 3. The minimum Gasteiger partial charge on any atom is -0.508 e. The van der Waals surface area contributed by atoms with E-state index in [4.69, 9.17) is 0 Å². The number of alkyl halides is 3. The van der Waals surface area contributed by atoms with E-state index in [0.717, 1.165) is 0 Å². The van der Waals surface area contributed by atoms with Crippen molar-refractivity contribution in [1.82, 2.24) is 0 Å². The van der Waals surface area contributed by atoms with Gasteiger partial charge in [-0.05, 0) is 0 Å². The lowest BCUT2D eigenvalue weighted by Gasteiger charge is -2.40. The van der Waals surface area contributed by atoms with Crippen LogP contribution < -0.4 is 0 Å². The second-order valence-corrected chi connectivity index (χ2v) is 9.37. The summed E-state index contributed by atoms with van der Waals surface area (Å²) in [6.07, 6.45) is -5.77. The summed E-state index contributed by atoms with van der Waals surface area (Å²) in [5.74, 6) is -13.2. The Morgan fingerprint density at radius 3 is 1.00 bits per heavy atom. The minimum atomic E-state index is -5.77. The molecule has 0 aliphatic carbocycles. The van der Waals surface area contributed by atoms with Crippen LogP contribution in [0.1, 0.15) is 0 Å². The van der Waals surface area contributed by atoms with E-state index in [1.165, 1.54) is 0 Å². The van der Waals surface area contributed by atoms with Crippen molar-refractivity contribution in [3.05, 3.63) is 36.4 Å². The predicted octanol–water partition coefficient (Wildman–Crippen LogP) is 3.34. The van der Waals surface area contributed by atoms with Crippen molar-refractivity contribution in [3.63, 3.8) is 0 Å². The summed E-state index contributed by atoms with van der Waals surface area (Å²) in [6.45, 7) is 0. The molecule has 9 N–H and O–H groups in total. The Bertz CT molecular complexity index is 1130. The van der Waals surface area contributed by atoms with Crippen molar-refractivity contribution < 1.29 is 68.1 Å². The maximum absolute atomic E-state index is 13.4. The molecule has 0 radical (unpaired) electrons. The quantitative estimate of drug-likeness (QED) is 0.244. The Hall–Kier alpha value is -4.53. The van der Waals surface area contributed by atoms with Crippen molar-refractivity contribution in [2.24, 2.45) is 0 Å². The van der Waals surface area contributed by atoms with Gasteiger partial charge in [-0.1, -0.05) is 0 Å². The molecule has 3 aromatic rings. The van der Waals surface area contributed by atoms with Crippen LogP contribution in [-0.2, 0) is 8.98 Å². The average Bonchev–Trinajstić information content (AvgIpc) is 2.64. The second kappa shape index (κ2) is 8.35. The van der Waals surface area contributed by atoms with Crippen molar-refractivity contribution >= 4 is 16.3 Å². The fourth-order valence-electron chi connectivity index (χ4n) is 3.23. The topological polar surface area (TPSA) is 208 Å². The molecule has 0 saturated carbocycles. The monoisotopic (exact) mass is 520 g/mol. The molecular formula is C20H15F3O11S. The number of aromatic hydroxyl groups is 9. The molecule has 3 rings (SSSR count). The summed E-state index contributed by atoms with van der Waals surface area (Å²) < 4.78 is 44.8. The summed E-state index contributed by atoms with van der Waals surface area (Å²) in [6, 6.07) is 2.84. The van der Waals surface area contributed by atoms with Gasteiger partial charge in [0.15, 0.2) is 0 Å². The van der Waals surface area contributed by atoms with Crippen molar-refractivity contribution in [2.75, 3.05) is 0 Å². The summed E-state index contributed by atoms with van der Waals surface area (Å²) in [7, 11) is -4.95. The maximum Gasteiger partial charge on any atom is 0.491 e. The van der Waals surface area contributed by atoms with Gasteiger partial charge in [-0.3, -0.25) is 0 Å². The molecule has 0 unspecified atom stereocenters. The zero-order chi connectivity index (χ0) is 26.5. The fraction of sp³-hybridized carbons (Fsp3) is 0.0500. The molecule has 3 aromatic carbocycles. The van der Waals surface area contributed by atoms with Crippen LogP contribution in [-0.4, -0.2) is 58.1 Å².